The SMILES string of the molecule is c1ccc(-n2c3ccccc3c3cc4c(cc(-c5csc6ccccc56)c5c4ccc4c5c5ccccc5n4-c4ccccc4)cc32)cc1. The molecule has 0 aliphatic rings. The average molecular weight is 641 g/mol. The van der Waals surface area contributed by atoms with Gasteiger partial charge in [0, 0.05) is 54.0 Å². The van der Waals surface area contributed by atoms with Gasteiger partial charge in [0.2, 0.25) is 0 Å². The summed E-state index contributed by atoms with van der Waals surface area (Å²) in [4.78, 5) is 0. The van der Waals surface area contributed by atoms with Crippen LogP contribution in [0.3, 0.4) is 0 Å². The molecule has 0 N–H and O–H groups in total. The molecule has 8 aromatic carbocycles. The molecule has 228 valence electrons. The summed E-state index contributed by atoms with van der Waals surface area (Å²) in [5, 5.41) is 13.9. The van der Waals surface area contributed by atoms with Crippen LogP contribution in [0, 0.1) is 0 Å². The Labute approximate surface area is 286 Å². The van der Waals surface area contributed by atoms with Crippen LogP contribution >= 0.6 is 11.3 Å². The molecule has 0 saturated heterocycles. The van der Waals surface area contributed by atoms with Crippen LogP contribution in [0.1, 0.15) is 0 Å². The van der Waals surface area contributed by atoms with Gasteiger partial charge in [-0.05, 0) is 93.8 Å². The predicted molar refractivity (Wildman–Crippen MR) is 211 cm³/mol. The second kappa shape index (κ2) is 10.2. The first-order valence-electron chi connectivity index (χ1n) is 16.8. The van der Waals surface area contributed by atoms with Gasteiger partial charge >= 0.3 is 0 Å². The Kier molecular flexibility index (Phi) is 5.57. The van der Waals surface area contributed by atoms with Crippen LogP contribution in [-0.4, -0.2) is 9.13 Å². The largest absolute Gasteiger partial charge is 0.309 e. The fourth-order valence-electron chi connectivity index (χ4n) is 8.29. The Morgan fingerprint density at radius 3 is 1.71 bits per heavy atom. The third kappa shape index (κ3) is 3.76. The second-order valence-corrected chi connectivity index (χ2v) is 13.8. The number of aromatic nitrogens is 2. The first kappa shape index (κ1) is 26.9. The van der Waals surface area contributed by atoms with E-state index in [9.17, 15) is 0 Å². The van der Waals surface area contributed by atoms with Gasteiger partial charge in [-0.15, -0.1) is 11.3 Å². The van der Waals surface area contributed by atoms with E-state index < -0.39 is 0 Å². The molecule has 3 aromatic heterocycles. The zero-order valence-corrected chi connectivity index (χ0v) is 27.3. The fourth-order valence-corrected chi connectivity index (χ4v) is 9.25. The van der Waals surface area contributed by atoms with Crippen molar-refractivity contribution < 1.29 is 0 Å². The van der Waals surface area contributed by atoms with E-state index in [0.29, 0.717) is 0 Å². The van der Waals surface area contributed by atoms with Crippen molar-refractivity contribution >= 4 is 86.6 Å². The van der Waals surface area contributed by atoms with Crippen LogP contribution in [0.4, 0.5) is 0 Å². The maximum absolute atomic E-state index is 2.46. The highest BCUT2D eigenvalue weighted by atomic mass is 32.1. The Balaban J connectivity index is 1.36. The van der Waals surface area contributed by atoms with Gasteiger partial charge in [0.15, 0.2) is 0 Å². The minimum absolute atomic E-state index is 1.17. The van der Waals surface area contributed by atoms with E-state index in [1.165, 1.54) is 97.7 Å². The van der Waals surface area contributed by atoms with Crippen LogP contribution in [-0.2, 0) is 0 Å². The second-order valence-electron chi connectivity index (χ2n) is 12.9. The minimum Gasteiger partial charge on any atom is -0.309 e. The quantitative estimate of drug-likeness (QED) is 0.170. The normalized spacial score (nSPS) is 12.1. The zero-order valence-electron chi connectivity index (χ0n) is 26.5. The smallest absolute Gasteiger partial charge is 0.0547 e. The van der Waals surface area contributed by atoms with E-state index in [1.54, 1.807) is 0 Å². The molecule has 11 rings (SSSR count). The number of hydrogen-bond donors (Lipinski definition) is 0. The number of fused-ring (bicyclic) bond motifs is 11. The van der Waals surface area contributed by atoms with Gasteiger partial charge in [-0.2, -0.15) is 0 Å². The summed E-state index contributed by atoms with van der Waals surface area (Å²) in [5.74, 6) is 0. The van der Waals surface area contributed by atoms with Crippen molar-refractivity contribution in [2.45, 2.75) is 0 Å². The first-order valence-corrected chi connectivity index (χ1v) is 17.6. The molecule has 0 spiro atoms. The summed E-state index contributed by atoms with van der Waals surface area (Å²) in [6.07, 6.45) is 0. The van der Waals surface area contributed by atoms with Crippen LogP contribution in [0.15, 0.2) is 169 Å². The van der Waals surface area contributed by atoms with Crippen LogP contribution in [0.5, 0.6) is 0 Å². The molecule has 2 nitrogen and oxygen atoms in total. The Hall–Kier alpha value is -6.16. The number of benzene rings is 8. The Morgan fingerprint density at radius 1 is 0.347 bits per heavy atom. The topological polar surface area (TPSA) is 9.86 Å². The molecule has 0 bridgehead atoms. The van der Waals surface area contributed by atoms with E-state index in [4.69, 9.17) is 0 Å². The van der Waals surface area contributed by atoms with Crippen LogP contribution < -0.4 is 0 Å². The summed E-state index contributed by atoms with van der Waals surface area (Å²) in [7, 11) is 0. The highest BCUT2D eigenvalue weighted by molar-refractivity contribution is 7.17. The molecule has 0 amide bonds. The number of thiophene rings is 1. The minimum atomic E-state index is 1.17. The van der Waals surface area contributed by atoms with Crippen molar-refractivity contribution in [3.8, 4) is 22.5 Å². The molecule has 11 aromatic rings. The van der Waals surface area contributed by atoms with Gasteiger partial charge in [-0.3, -0.25) is 0 Å². The van der Waals surface area contributed by atoms with Gasteiger partial charge in [0.25, 0.3) is 0 Å². The van der Waals surface area contributed by atoms with Crippen molar-refractivity contribution in [2.24, 2.45) is 0 Å². The Bertz CT molecular complexity index is 3090. The van der Waals surface area contributed by atoms with Crippen molar-refractivity contribution in [1.29, 1.82) is 0 Å². The number of hydrogen-bond acceptors (Lipinski definition) is 1. The van der Waals surface area contributed by atoms with Gasteiger partial charge in [-0.1, -0.05) is 97.1 Å². The van der Waals surface area contributed by atoms with Gasteiger partial charge in [0.1, 0.15) is 0 Å². The highest BCUT2D eigenvalue weighted by Gasteiger charge is 2.22. The molecule has 0 aliphatic heterocycles. The lowest BCUT2D eigenvalue weighted by atomic mass is 9.89. The third-order valence-corrected chi connectivity index (χ3v) is 11.3. The molecule has 49 heavy (non-hydrogen) atoms. The average Bonchev–Trinajstić information content (AvgIpc) is 3.84. The maximum Gasteiger partial charge on any atom is 0.0547 e. The Morgan fingerprint density at radius 2 is 0.959 bits per heavy atom. The van der Waals surface area contributed by atoms with E-state index in [0.717, 1.165) is 0 Å². The molecule has 0 saturated carbocycles. The molecular weight excluding hydrogens is 613 g/mol. The molecule has 0 unspecified atom stereocenters. The molecule has 3 heteroatoms. The lowest BCUT2D eigenvalue weighted by Gasteiger charge is -2.14. The molecule has 0 atom stereocenters. The van der Waals surface area contributed by atoms with Gasteiger partial charge < -0.3 is 9.13 Å². The lowest BCUT2D eigenvalue weighted by Crippen LogP contribution is -1.94. The molecule has 0 radical (unpaired) electrons. The van der Waals surface area contributed by atoms with Crippen molar-refractivity contribution in [1.82, 2.24) is 9.13 Å². The molecular formula is C46H28N2S. The summed E-state index contributed by atoms with van der Waals surface area (Å²) in [5.41, 5.74) is 9.81. The van der Waals surface area contributed by atoms with Crippen LogP contribution in [0.25, 0.3) is 97.7 Å². The summed E-state index contributed by atoms with van der Waals surface area (Å²) >= 11 is 1.83. The number of nitrogens with zero attached hydrogens (tertiary/aromatic N) is 2. The standard InChI is InChI=1S/C46H28N2S/c1-3-13-30(14-4-1)47-41-21-11-8-19-35(41)46-42(47)24-23-34-36-27-37-32-17-7-10-20-40(32)48(31-15-5-2-6-16-31)43(37)26-29(36)25-38(45(34)46)39-28-49-44-22-12-9-18-33(39)44/h1-28H. The first-order chi connectivity index (χ1) is 24.3. The van der Waals surface area contributed by atoms with E-state index in [1.807, 2.05) is 11.3 Å². The maximum atomic E-state index is 2.46. The lowest BCUT2D eigenvalue weighted by molar-refractivity contribution is 1.18. The van der Waals surface area contributed by atoms with E-state index >= 15 is 0 Å². The van der Waals surface area contributed by atoms with Gasteiger partial charge in [-0.25, -0.2) is 0 Å². The third-order valence-electron chi connectivity index (χ3n) is 10.3. The summed E-state index contributed by atoms with van der Waals surface area (Å²) in [6, 6.07) is 60.1. The van der Waals surface area contributed by atoms with Crippen molar-refractivity contribution in [3.05, 3.63) is 169 Å². The highest BCUT2D eigenvalue weighted by Crippen LogP contribution is 2.47. The van der Waals surface area contributed by atoms with Gasteiger partial charge in [0.05, 0.1) is 22.1 Å². The molecule has 0 fully saturated rings. The van der Waals surface area contributed by atoms with Crippen LogP contribution in [0.2, 0.25) is 0 Å². The predicted octanol–water partition coefficient (Wildman–Crippen LogP) is 13.1. The van der Waals surface area contributed by atoms with Crippen molar-refractivity contribution in [3.63, 3.8) is 0 Å². The summed E-state index contributed by atoms with van der Waals surface area (Å²) in [6.45, 7) is 0. The van der Waals surface area contributed by atoms with E-state index in [-0.39, 0.29) is 0 Å². The molecule has 3 heterocycles. The molecule has 0 aliphatic carbocycles. The summed E-state index contributed by atoms with van der Waals surface area (Å²) < 4.78 is 6.16. The number of rotatable bonds is 3. The van der Waals surface area contributed by atoms with Crippen molar-refractivity contribution in [2.75, 3.05) is 0 Å². The monoisotopic (exact) mass is 640 g/mol. The zero-order chi connectivity index (χ0) is 32.1. The fraction of sp³-hybridized carbons (Fsp3) is 0. The van der Waals surface area contributed by atoms with E-state index in [2.05, 4.69) is 178 Å². The number of para-hydroxylation sites is 4.